The highest BCUT2D eigenvalue weighted by Crippen LogP contribution is 2.36. The van der Waals surface area contributed by atoms with Gasteiger partial charge in [-0.2, -0.15) is 0 Å². The van der Waals surface area contributed by atoms with Crippen LogP contribution in [0.15, 0.2) is 24.5 Å². The zero-order valence-corrected chi connectivity index (χ0v) is 17.0. The Hall–Kier alpha value is -2.94. The number of carbonyl (C=O) groups excluding carboxylic acids is 1. The predicted octanol–water partition coefficient (Wildman–Crippen LogP) is 3.87. The first-order chi connectivity index (χ1) is 13.9. The maximum atomic E-state index is 11.9. The number of aromatic nitrogens is 2. The van der Waals surface area contributed by atoms with E-state index in [0.717, 1.165) is 5.56 Å². The number of halogens is 1. The molecule has 0 spiro atoms. The van der Waals surface area contributed by atoms with Gasteiger partial charge in [0.15, 0.2) is 0 Å². The number of ether oxygens (including phenoxy) is 1. The lowest BCUT2D eigenvalue weighted by molar-refractivity contribution is -0.383. The summed E-state index contributed by atoms with van der Waals surface area (Å²) in [6.45, 7) is 4.91. The van der Waals surface area contributed by atoms with Gasteiger partial charge < -0.3 is 15.0 Å². The Labute approximate surface area is 173 Å². The number of rotatable bonds is 6. The van der Waals surface area contributed by atoms with Gasteiger partial charge in [-0.1, -0.05) is 11.6 Å². The van der Waals surface area contributed by atoms with Crippen molar-refractivity contribution in [3.8, 4) is 0 Å². The number of nitrogens with one attached hydrogen (secondary N) is 1. The van der Waals surface area contributed by atoms with E-state index in [1.54, 1.807) is 25.1 Å². The molecule has 0 atom stereocenters. The molecule has 29 heavy (non-hydrogen) atoms. The molecule has 154 valence electrons. The lowest BCUT2D eigenvalue weighted by atomic mass is 9.97. The van der Waals surface area contributed by atoms with Gasteiger partial charge in [0.2, 0.25) is 11.6 Å². The SMILES string of the molecule is CCOC(=O)C1CCN(c2ncnc(Nc3ccc(Cl)cc3C)c2[N+](=O)[O-])CC1. The molecule has 0 amide bonds. The molecule has 1 aliphatic heterocycles. The Morgan fingerprint density at radius 3 is 2.72 bits per heavy atom. The highest BCUT2D eigenvalue weighted by molar-refractivity contribution is 6.30. The summed E-state index contributed by atoms with van der Waals surface area (Å²) in [5.41, 5.74) is 1.31. The molecule has 2 aromatic rings. The summed E-state index contributed by atoms with van der Waals surface area (Å²) in [6, 6.07) is 5.21. The Morgan fingerprint density at radius 1 is 1.38 bits per heavy atom. The number of aryl methyl sites for hydroxylation is 1. The molecule has 0 saturated carbocycles. The van der Waals surface area contributed by atoms with Gasteiger partial charge in [0.1, 0.15) is 6.33 Å². The molecular weight excluding hydrogens is 398 g/mol. The Morgan fingerprint density at radius 2 is 2.10 bits per heavy atom. The standard InChI is InChI=1S/C19H22ClN5O4/c1-3-29-19(26)13-6-8-24(9-7-13)18-16(25(27)28)17(21-11-22-18)23-15-5-4-14(20)10-12(15)2/h4-5,10-11,13H,3,6-9H2,1-2H3,(H,21,22,23). The molecule has 9 nitrogen and oxygen atoms in total. The highest BCUT2D eigenvalue weighted by atomic mass is 35.5. The summed E-state index contributed by atoms with van der Waals surface area (Å²) < 4.78 is 5.08. The monoisotopic (exact) mass is 419 g/mol. The van der Waals surface area contributed by atoms with E-state index < -0.39 is 4.92 Å². The van der Waals surface area contributed by atoms with E-state index in [1.807, 2.05) is 11.8 Å². The van der Waals surface area contributed by atoms with Crippen molar-refractivity contribution in [2.24, 2.45) is 5.92 Å². The summed E-state index contributed by atoms with van der Waals surface area (Å²) in [6.07, 6.45) is 2.41. The summed E-state index contributed by atoms with van der Waals surface area (Å²) in [5.74, 6) is -0.0642. The molecule has 1 saturated heterocycles. The molecule has 2 heterocycles. The minimum Gasteiger partial charge on any atom is -0.466 e. The summed E-state index contributed by atoms with van der Waals surface area (Å²) in [5, 5.41) is 15.4. The number of piperidine rings is 1. The molecule has 10 heteroatoms. The lowest BCUT2D eigenvalue weighted by Crippen LogP contribution is -2.37. The summed E-state index contributed by atoms with van der Waals surface area (Å²) >= 11 is 5.98. The minimum atomic E-state index is -0.486. The molecule has 1 aliphatic rings. The lowest BCUT2D eigenvalue weighted by Gasteiger charge is -2.31. The largest absolute Gasteiger partial charge is 0.466 e. The van der Waals surface area contributed by atoms with Crippen molar-refractivity contribution in [1.29, 1.82) is 0 Å². The average Bonchev–Trinajstić information content (AvgIpc) is 2.70. The van der Waals surface area contributed by atoms with E-state index in [1.165, 1.54) is 6.33 Å². The Bertz CT molecular complexity index is 915. The third-order valence-electron chi connectivity index (χ3n) is 4.84. The molecule has 1 N–H and O–H groups in total. The molecule has 0 radical (unpaired) electrons. The fourth-order valence-electron chi connectivity index (χ4n) is 3.34. The van der Waals surface area contributed by atoms with Gasteiger partial charge in [-0.3, -0.25) is 14.9 Å². The van der Waals surface area contributed by atoms with Gasteiger partial charge in [0.25, 0.3) is 0 Å². The first kappa shape index (κ1) is 20.8. The van der Waals surface area contributed by atoms with Crippen molar-refractivity contribution in [2.45, 2.75) is 26.7 Å². The van der Waals surface area contributed by atoms with E-state index in [9.17, 15) is 14.9 Å². The second kappa shape index (κ2) is 9.04. The zero-order chi connectivity index (χ0) is 21.0. The number of nitrogens with zero attached hydrogens (tertiary/aromatic N) is 4. The molecule has 1 aromatic heterocycles. The van der Waals surface area contributed by atoms with Crippen LogP contribution in [0.25, 0.3) is 0 Å². The van der Waals surface area contributed by atoms with E-state index in [0.29, 0.717) is 43.2 Å². The van der Waals surface area contributed by atoms with Crippen LogP contribution in [0.2, 0.25) is 5.02 Å². The third kappa shape index (κ3) is 4.73. The van der Waals surface area contributed by atoms with E-state index in [-0.39, 0.29) is 29.2 Å². The fourth-order valence-corrected chi connectivity index (χ4v) is 3.57. The maximum Gasteiger partial charge on any atom is 0.353 e. The second-order valence-corrected chi connectivity index (χ2v) is 7.19. The molecule has 1 fully saturated rings. The Kier molecular flexibility index (Phi) is 6.48. The van der Waals surface area contributed by atoms with Crippen molar-refractivity contribution < 1.29 is 14.5 Å². The number of benzene rings is 1. The summed E-state index contributed by atoms with van der Waals surface area (Å²) in [7, 11) is 0. The van der Waals surface area contributed by atoms with Gasteiger partial charge >= 0.3 is 11.7 Å². The predicted molar refractivity (Wildman–Crippen MR) is 110 cm³/mol. The van der Waals surface area contributed by atoms with Crippen LogP contribution in [0.5, 0.6) is 0 Å². The first-order valence-corrected chi connectivity index (χ1v) is 9.72. The average molecular weight is 420 g/mol. The van der Waals surface area contributed by atoms with Crippen molar-refractivity contribution in [3.63, 3.8) is 0 Å². The van der Waals surface area contributed by atoms with Gasteiger partial charge in [-0.25, -0.2) is 9.97 Å². The number of carbonyl (C=O) groups is 1. The van der Waals surface area contributed by atoms with Crippen LogP contribution in [0, 0.1) is 23.0 Å². The van der Waals surface area contributed by atoms with Crippen molar-refractivity contribution in [3.05, 3.63) is 45.2 Å². The van der Waals surface area contributed by atoms with E-state index >= 15 is 0 Å². The number of hydrogen-bond acceptors (Lipinski definition) is 8. The maximum absolute atomic E-state index is 11.9. The van der Waals surface area contributed by atoms with Crippen LogP contribution < -0.4 is 10.2 Å². The topological polar surface area (TPSA) is 110 Å². The first-order valence-electron chi connectivity index (χ1n) is 9.34. The van der Waals surface area contributed by atoms with E-state index in [2.05, 4.69) is 15.3 Å². The third-order valence-corrected chi connectivity index (χ3v) is 5.08. The van der Waals surface area contributed by atoms with Crippen LogP contribution in [-0.4, -0.2) is 40.6 Å². The van der Waals surface area contributed by atoms with Crippen LogP contribution in [0.4, 0.5) is 23.0 Å². The van der Waals surface area contributed by atoms with Gasteiger partial charge in [-0.05, 0) is 50.5 Å². The van der Waals surface area contributed by atoms with Crippen molar-refractivity contribution in [1.82, 2.24) is 9.97 Å². The van der Waals surface area contributed by atoms with Gasteiger partial charge in [-0.15, -0.1) is 0 Å². The number of anilines is 3. The molecule has 0 unspecified atom stereocenters. The summed E-state index contributed by atoms with van der Waals surface area (Å²) in [4.78, 5) is 33.3. The quantitative estimate of drug-likeness (QED) is 0.426. The molecule has 3 rings (SSSR count). The highest BCUT2D eigenvalue weighted by Gasteiger charge is 2.32. The van der Waals surface area contributed by atoms with Gasteiger partial charge in [0, 0.05) is 23.8 Å². The zero-order valence-electron chi connectivity index (χ0n) is 16.2. The molecular formula is C19H22ClN5O4. The second-order valence-electron chi connectivity index (χ2n) is 6.75. The number of hydrogen-bond donors (Lipinski definition) is 1. The van der Waals surface area contributed by atoms with Crippen LogP contribution in [0.3, 0.4) is 0 Å². The normalized spacial score (nSPS) is 14.5. The minimum absolute atomic E-state index is 0.109. The van der Waals surface area contributed by atoms with Crippen LogP contribution in [-0.2, 0) is 9.53 Å². The van der Waals surface area contributed by atoms with E-state index in [4.69, 9.17) is 16.3 Å². The van der Waals surface area contributed by atoms with Crippen molar-refractivity contribution in [2.75, 3.05) is 29.9 Å². The smallest absolute Gasteiger partial charge is 0.353 e. The van der Waals surface area contributed by atoms with Crippen LogP contribution >= 0.6 is 11.6 Å². The molecule has 0 bridgehead atoms. The van der Waals surface area contributed by atoms with Gasteiger partial charge in [0.05, 0.1) is 17.4 Å². The molecule has 0 aliphatic carbocycles. The molecule has 1 aromatic carbocycles. The Balaban J connectivity index is 1.84. The number of esters is 1. The number of nitro groups is 1. The van der Waals surface area contributed by atoms with Crippen molar-refractivity contribution >= 4 is 40.6 Å². The van der Waals surface area contributed by atoms with Crippen LogP contribution in [0.1, 0.15) is 25.3 Å². The fraction of sp³-hybridized carbons (Fsp3) is 0.421.